The van der Waals surface area contributed by atoms with Crippen LogP contribution in [0, 0.1) is 6.92 Å². The fraction of sp³-hybridized carbons (Fsp3) is 0.0714. The molecule has 0 radical (unpaired) electrons. The van der Waals surface area contributed by atoms with Crippen molar-refractivity contribution in [1.82, 2.24) is 0 Å². The second-order valence-corrected chi connectivity index (χ2v) is 4.78. The van der Waals surface area contributed by atoms with E-state index < -0.39 is 5.97 Å². The number of carboxylic acid groups (broad SMARTS) is 1. The number of hydrogen-bond donors (Lipinski definition) is 1. The van der Waals surface area contributed by atoms with Gasteiger partial charge in [-0.05, 0) is 37.3 Å². The second kappa shape index (κ2) is 5.23. The highest BCUT2D eigenvalue weighted by atomic mass is 79.9. The lowest BCUT2D eigenvalue weighted by molar-refractivity contribution is 0.0694. The highest BCUT2D eigenvalue weighted by Gasteiger charge is 2.12. The summed E-state index contributed by atoms with van der Waals surface area (Å²) in [6, 6.07) is 12.3. The smallest absolute Gasteiger partial charge is 0.339 e. The van der Waals surface area contributed by atoms with Gasteiger partial charge in [-0.15, -0.1) is 0 Å². The molecule has 2 aromatic carbocycles. The largest absolute Gasteiger partial charge is 0.478 e. The van der Waals surface area contributed by atoms with E-state index in [2.05, 4.69) is 15.9 Å². The molecule has 92 valence electrons. The summed E-state index contributed by atoms with van der Waals surface area (Å²) >= 11 is 3.30. The van der Waals surface area contributed by atoms with Gasteiger partial charge in [0.25, 0.3) is 0 Å². The third kappa shape index (κ3) is 2.90. The van der Waals surface area contributed by atoms with Crippen LogP contribution in [0.5, 0.6) is 11.5 Å². The van der Waals surface area contributed by atoms with Gasteiger partial charge < -0.3 is 9.84 Å². The van der Waals surface area contributed by atoms with Crippen LogP contribution in [0.2, 0.25) is 0 Å². The molecular formula is C14H11BrO3. The Balaban J connectivity index is 2.35. The Morgan fingerprint density at radius 2 is 1.83 bits per heavy atom. The Kier molecular flexibility index (Phi) is 3.67. The zero-order valence-corrected chi connectivity index (χ0v) is 11.3. The molecule has 0 heterocycles. The van der Waals surface area contributed by atoms with Crippen molar-refractivity contribution in [2.75, 3.05) is 0 Å². The number of benzene rings is 2. The standard InChI is InChI=1S/C14H11BrO3/c1-9-2-5-11(6-3-9)18-13-8-10(15)4-7-12(13)14(16)17/h2-8H,1H3,(H,16,17). The first-order valence-electron chi connectivity index (χ1n) is 5.33. The molecule has 0 bridgehead atoms. The van der Waals surface area contributed by atoms with Crippen molar-refractivity contribution in [2.24, 2.45) is 0 Å². The van der Waals surface area contributed by atoms with Gasteiger partial charge in [-0.25, -0.2) is 4.79 Å². The van der Waals surface area contributed by atoms with Crippen molar-refractivity contribution in [1.29, 1.82) is 0 Å². The van der Waals surface area contributed by atoms with Crippen LogP contribution in [0.15, 0.2) is 46.9 Å². The number of ether oxygens (including phenoxy) is 1. The lowest BCUT2D eigenvalue weighted by Gasteiger charge is -2.09. The zero-order chi connectivity index (χ0) is 13.1. The predicted molar refractivity (Wildman–Crippen MR) is 72.4 cm³/mol. The fourth-order valence-corrected chi connectivity index (χ4v) is 1.83. The van der Waals surface area contributed by atoms with E-state index in [4.69, 9.17) is 9.84 Å². The molecule has 0 aliphatic carbocycles. The Morgan fingerprint density at radius 1 is 1.17 bits per heavy atom. The van der Waals surface area contributed by atoms with Gasteiger partial charge in [0.2, 0.25) is 0 Å². The lowest BCUT2D eigenvalue weighted by atomic mass is 10.2. The fourth-order valence-electron chi connectivity index (χ4n) is 1.49. The third-order valence-corrected chi connectivity index (χ3v) is 2.92. The first-order valence-corrected chi connectivity index (χ1v) is 6.13. The van der Waals surface area contributed by atoms with Crippen molar-refractivity contribution in [3.8, 4) is 11.5 Å². The summed E-state index contributed by atoms with van der Waals surface area (Å²) in [6.45, 7) is 1.98. The van der Waals surface area contributed by atoms with Crippen LogP contribution >= 0.6 is 15.9 Å². The number of hydrogen-bond acceptors (Lipinski definition) is 2. The van der Waals surface area contributed by atoms with E-state index in [0.717, 1.165) is 10.0 Å². The summed E-state index contributed by atoms with van der Waals surface area (Å²) in [5.74, 6) is -0.0773. The van der Waals surface area contributed by atoms with Crippen LogP contribution in [0.1, 0.15) is 15.9 Å². The van der Waals surface area contributed by atoms with E-state index in [1.165, 1.54) is 6.07 Å². The SMILES string of the molecule is Cc1ccc(Oc2cc(Br)ccc2C(=O)O)cc1. The van der Waals surface area contributed by atoms with Gasteiger partial charge in [0.15, 0.2) is 0 Å². The average Bonchev–Trinajstić information content (AvgIpc) is 2.32. The van der Waals surface area contributed by atoms with E-state index in [1.54, 1.807) is 12.1 Å². The molecule has 0 aliphatic rings. The Labute approximate surface area is 113 Å². The van der Waals surface area contributed by atoms with Crippen LogP contribution in [0.4, 0.5) is 0 Å². The molecule has 0 unspecified atom stereocenters. The van der Waals surface area contributed by atoms with E-state index in [0.29, 0.717) is 11.5 Å². The van der Waals surface area contributed by atoms with Crippen molar-refractivity contribution in [3.63, 3.8) is 0 Å². The average molecular weight is 307 g/mol. The van der Waals surface area contributed by atoms with Crippen LogP contribution < -0.4 is 4.74 Å². The Morgan fingerprint density at radius 3 is 2.44 bits per heavy atom. The van der Waals surface area contributed by atoms with Crippen molar-refractivity contribution < 1.29 is 14.6 Å². The summed E-state index contributed by atoms with van der Waals surface area (Å²) < 4.78 is 6.37. The first-order chi connectivity index (χ1) is 8.56. The van der Waals surface area contributed by atoms with Crippen molar-refractivity contribution >= 4 is 21.9 Å². The Hall–Kier alpha value is -1.81. The molecule has 18 heavy (non-hydrogen) atoms. The molecule has 0 amide bonds. The normalized spacial score (nSPS) is 10.1. The topological polar surface area (TPSA) is 46.5 Å². The van der Waals surface area contributed by atoms with Crippen LogP contribution in [0.3, 0.4) is 0 Å². The minimum atomic E-state index is -1.01. The summed E-state index contributed by atoms with van der Waals surface area (Å²) in [7, 11) is 0. The zero-order valence-electron chi connectivity index (χ0n) is 9.68. The molecule has 2 aromatic rings. The number of carbonyl (C=O) groups is 1. The van der Waals surface area contributed by atoms with Gasteiger partial charge in [0, 0.05) is 4.47 Å². The molecular weight excluding hydrogens is 296 g/mol. The third-order valence-electron chi connectivity index (χ3n) is 2.42. The van der Waals surface area contributed by atoms with Gasteiger partial charge >= 0.3 is 5.97 Å². The number of carboxylic acids is 1. The van der Waals surface area contributed by atoms with Gasteiger partial charge in [-0.2, -0.15) is 0 Å². The molecule has 0 aromatic heterocycles. The summed E-state index contributed by atoms with van der Waals surface area (Å²) in [4.78, 5) is 11.1. The van der Waals surface area contributed by atoms with Crippen LogP contribution in [-0.4, -0.2) is 11.1 Å². The van der Waals surface area contributed by atoms with Crippen molar-refractivity contribution in [2.45, 2.75) is 6.92 Å². The van der Waals surface area contributed by atoms with Gasteiger partial charge in [-0.3, -0.25) is 0 Å². The van der Waals surface area contributed by atoms with E-state index in [-0.39, 0.29) is 5.56 Å². The maximum Gasteiger partial charge on any atom is 0.339 e. The van der Waals surface area contributed by atoms with Gasteiger partial charge in [0.05, 0.1) is 0 Å². The lowest BCUT2D eigenvalue weighted by Crippen LogP contribution is -1.99. The molecule has 0 atom stereocenters. The number of rotatable bonds is 3. The monoisotopic (exact) mass is 306 g/mol. The van der Waals surface area contributed by atoms with Gasteiger partial charge in [-0.1, -0.05) is 33.6 Å². The molecule has 0 fully saturated rings. The molecule has 0 saturated heterocycles. The van der Waals surface area contributed by atoms with E-state index in [9.17, 15) is 4.79 Å². The number of aromatic carboxylic acids is 1. The molecule has 3 nitrogen and oxygen atoms in total. The molecule has 1 N–H and O–H groups in total. The number of aryl methyl sites for hydroxylation is 1. The molecule has 0 aliphatic heterocycles. The first kappa shape index (κ1) is 12.6. The predicted octanol–water partition coefficient (Wildman–Crippen LogP) is 4.25. The quantitative estimate of drug-likeness (QED) is 0.922. The Bertz CT molecular complexity index is 576. The van der Waals surface area contributed by atoms with Crippen LogP contribution in [-0.2, 0) is 0 Å². The molecule has 0 saturated carbocycles. The molecule has 4 heteroatoms. The highest BCUT2D eigenvalue weighted by Crippen LogP contribution is 2.28. The maximum absolute atomic E-state index is 11.1. The van der Waals surface area contributed by atoms with Gasteiger partial charge in [0.1, 0.15) is 17.1 Å². The minimum absolute atomic E-state index is 0.138. The van der Waals surface area contributed by atoms with Crippen LogP contribution in [0.25, 0.3) is 0 Å². The molecule has 0 spiro atoms. The summed E-state index contributed by atoms with van der Waals surface area (Å²) in [5.41, 5.74) is 1.26. The minimum Gasteiger partial charge on any atom is -0.478 e. The second-order valence-electron chi connectivity index (χ2n) is 3.86. The van der Waals surface area contributed by atoms with Crippen molar-refractivity contribution in [3.05, 3.63) is 58.1 Å². The number of halogens is 1. The van der Waals surface area contributed by atoms with E-state index in [1.807, 2.05) is 31.2 Å². The maximum atomic E-state index is 11.1. The summed E-state index contributed by atoms with van der Waals surface area (Å²) in [6.07, 6.45) is 0. The van der Waals surface area contributed by atoms with E-state index >= 15 is 0 Å². The highest BCUT2D eigenvalue weighted by molar-refractivity contribution is 9.10. The summed E-state index contributed by atoms with van der Waals surface area (Å²) in [5, 5.41) is 9.08. The molecule has 2 rings (SSSR count).